The fourth-order valence-corrected chi connectivity index (χ4v) is 3.12. The first-order valence-electron chi connectivity index (χ1n) is 7.71. The highest BCUT2D eigenvalue weighted by molar-refractivity contribution is 5.91. The second-order valence-corrected chi connectivity index (χ2v) is 5.86. The summed E-state index contributed by atoms with van der Waals surface area (Å²) in [5.74, 6) is -1.92. The van der Waals surface area contributed by atoms with E-state index in [2.05, 4.69) is 10.3 Å². The molecule has 2 amide bonds. The Morgan fingerprint density at radius 2 is 1.96 bits per heavy atom. The lowest BCUT2D eigenvalue weighted by Crippen LogP contribution is -2.38. The summed E-state index contributed by atoms with van der Waals surface area (Å²) in [6.07, 6.45) is 0.731. The standard InChI is InChI=1S/C18H15F2N3O/c19-14-6-5-11(9-15(14)20)21-18(24)23-8-7-17-13(10-23)12-3-1-2-4-16(12)22-17/h1-6,9,22H,7-8,10H2,(H,21,24). The lowest BCUT2D eigenvalue weighted by molar-refractivity contribution is 0.206. The minimum Gasteiger partial charge on any atom is -0.358 e. The van der Waals surface area contributed by atoms with Crippen molar-refractivity contribution in [1.82, 2.24) is 9.88 Å². The molecule has 0 atom stereocenters. The Kier molecular flexibility index (Phi) is 3.45. The molecule has 0 saturated heterocycles. The second-order valence-electron chi connectivity index (χ2n) is 5.86. The molecule has 1 aliphatic rings. The monoisotopic (exact) mass is 327 g/mol. The van der Waals surface area contributed by atoms with Crippen LogP contribution in [0.2, 0.25) is 0 Å². The maximum atomic E-state index is 13.3. The molecule has 122 valence electrons. The predicted molar refractivity (Wildman–Crippen MR) is 87.8 cm³/mol. The van der Waals surface area contributed by atoms with E-state index < -0.39 is 11.6 Å². The highest BCUT2D eigenvalue weighted by Gasteiger charge is 2.24. The number of anilines is 1. The number of aromatic amines is 1. The van der Waals surface area contributed by atoms with Crippen molar-refractivity contribution in [3.63, 3.8) is 0 Å². The number of nitrogens with one attached hydrogen (secondary N) is 2. The zero-order chi connectivity index (χ0) is 16.7. The molecule has 0 spiro atoms. The summed E-state index contributed by atoms with van der Waals surface area (Å²) in [6, 6.07) is 11.0. The summed E-state index contributed by atoms with van der Waals surface area (Å²) < 4.78 is 26.2. The van der Waals surface area contributed by atoms with Crippen LogP contribution in [0.4, 0.5) is 19.3 Å². The van der Waals surface area contributed by atoms with Gasteiger partial charge in [0.1, 0.15) is 0 Å². The third-order valence-electron chi connectivity index (χ3n) is 4.34. The van der Waals surface area contributed by atoms with Gasteiger partial charge in [-0.25, -0.2) is 13.6 Å². The van der Waals surface area contributed by atoms with Crippen molar-refractivity contribution in [3.8, 4) is 0 Å². The molecule has 2 aromatic carbocycles. The van der Waals surface area contributed by atoms with Crippen molar-refractivity contribution in [3.05, 3.63) is 65.4 Å². The number of urea groups is 1. The van der Waals surface area contributed by atoms with Gasteiger partial charge in [-0.3, -0.25) is 0 Å². The summed E-state index contributed by atoms with van der Waals surface area (Å²) in [7, 11) is 0. The smallest absolute Gasteiger partial charge is 0.322 e. The molecule has 2 N–H and O–H groups in total. The van der Waals surface area contributed by atoms with Gasteiger partial charge in [-0.05, 0) is 18.2 Å². The largest absolute Gasteiger partial charge is 0.358 e. The third-order valence-corrected chi connectivity index (χ3v) is 4.34. The SMILES string of the molecule is O=C(Nc1ccc(F)c(F)c1)N1CCc2[nH]c3ccccc3c2C1. The lowest BCUT2D eigenvalue weighted by atomic mass is 10.0. The maximum absolute atomic E-state index is 13.3. The number of carbonyl (C=O) groups is 1. The first-order valence-corrected chi connectivity index (χ1v) is 7.71. The molecule has 0 unspecified atom stereocenters. The van der Waals surface area contributed by atoms with E-state index in [4.69, 9.17) is 0 Å². The van der Waals surface area contributed by atoms with Crippen molar-refractivity contribution in [2.24, 2.45) is 0 Å². The van der Waals surface area contributed by atoms with E-state index >= 15 is 0 Å². The number of amides is 2. The van der Waals surface area contributed by atoms with E-state index in [1.165, 1.54) is 6.07 Å². The van der Waals surface area contributed by atoms with Gasteiger partial charge in [-0.2, -0.15) is 0 Å². The average Bonchev–Trinajstić information content (AvgIpc) is 2.96. The van der Waals surface area contributed by atoms with Crippen LogP contribution in [0.3, 0.4) is 0 Å². The number of H-pyrrole nitrogens is 1. The first-order chi connectivity index (χ1) is 11.6. The van der Waals surface area contributed by atoms with Crippen LogP contribution in [-0.4, -0.2) is 22.5 Å². The number of fused-ring (bicyclic) bond motifs is 3. The minimum absolute atomic E-state index is 0.239. The van der Waals surface area contributed by atoms with Crippen LogP contribution in [-0.2, 0) is 13.0 Å². The quantitative estimate of drug-likeness (QED) is 0.696. The Balaban J connectivity index is 1.55. The Hall–Kier alpha value is -2.89. The molecule has 0 fully saturated rings. The van der Waals surface area contributed by atoms with Crippen molar-refractivity contribution < 1.29 is 13.6 Å². The van der Waals surface area contributed by atoms with Gasteiger partial charge in [-0.15, -0.1) is 0 Å². The fourth-order valence-electron chi connectivity index (χ4n) is 3.12. The molecular weight excluding hydrogens is 312 g/mol. The van der Waals surface area contributed by atoms with Crippen molar-refractivity contribution in [2.45, 2.75) is 13.0 Å². The van der Waals surface area contributed by atoms with Crippen molar-refractivity contribution >= 4 is 22.6 Å². The van der Waals surface area contributed by atoms with Crippen LogP contribution < -0.4 is 5.32 Å². The Labute approximate surface area is 137 Å². The van der Waals surface area contributed by atoms with E-state index in [-0.39, 0.29) is 11.7 Å². The van der Waals surface area contributed by atoms with Gasteiger partial charge in [0, 0.05) is 53.4 Å². The molecule has 2 heterocycles. The van der Waals surface area contributed by atoms with E-state index in [1.807, 2.05) is 24.3 Å². The number of nitrogens with zero attached hydrogens (tertiary/aromatic N) is 1. The van der Waals surface area contributed by atoms with Crippen LogP contribution in [0.15, 0.2) is 42.5 Å². The van der Waals surface area contributed by atoms with Gasteiger partial charge < -0.3 is 15.2 Å². The molecule has 0 bridgehead atoms. The summed E-state index contributed by atoms with van der Waals surface area (Å²) in [5, 5.41) is 3.73. The van der Waals surface area contributed by atoms with E-state index in [0.717, 1.165) is 40.7 Å². The molecule has 0 radical (unpaired) electrons. The molecule has 1 aromatic heterocycles. The zero-order valence-corrected chi connectivity index (χ0v) is 12.8. The molecule has 4 rings (SSSR count). The van der Waals surface area contributed by atoms with Gasteiger partial charge in [0.2, 0.25) is 0 Å². The molecule has 6 heteroatoms. The topological polar surface area (TPSA) is 48.1 Å². The number of benzene rings is 2. The highest BCUT2D eigenvalue weighted by Crippen LogP contribution is 2.28. The summed E-state index contributed by atoms with van der Waals surface area (Å²) in [6.45, 7) is 1.05. The predicted octanol–water partition coefficient (Wildman–Crippen LogP) is 4.04. The Morgan fingerprint density at radius 3 is 2.79 bits per heavy atom. The fraction of sp³-hybridized carbons (Fsp3) is 0.167. The molecule has 0 saturated carbocycles. The number of rotatable bonds is 1. The molecule has 24 heavy (non-hydrogen) atoms. The van der Waals surface area contributed by atoms with Gasteiger partial charge in [0.25, 0.3) is 0 Å². The minimum atomic E-state index is -0.981. The van der Waals surface area contributed by atoms with Gasteiger partial charge in [0.05, 0.1) is 0 Å². The Morgan fingerprint density at radius 1 is 1.12 bits per heavy atom. The van der Waals surface area contributed by atoms with Crippen molar-refractivity contribution in [2.75, 3.05) is 11.9 Å². The number of carbonyl (C=O) groups excluding carboxylic acids is 1. The van der Waals surface area contributed by atoms with Crippen LogP contribution in [0.1, 0.15) is 11.3 Å². The lowest BCUT2D eigenvalue weighted by Gasteiger charge is -2.27. The first kappa shape index (κ1) is 14.7. The van der Waals surface area contributed by atoms with Crippen LogP contribution >= 0.6 is 0 Å². The number of halogens is 2. The van der Waals surface area contributed by atoms with Crippen LogP contribution in [0.5, 0.6) is 0 Å². The zero-order valence-electron chi connectivity index (χ0n) is 12.8. The number of hydrogen-bond acceptors (Lipinski definition) is 1. The maximum Gasteiger partial charge on any atom is 0.322 e. The van der Waals surface area contributed by atoms with Gasteiger partial charge >= 0.3 is 6.03 Å². The molecule has 4 nitrogen and oxygen atoms in total. The summed E-state index contributed by atoms with van der Waals surface area (Å²) in [5.41, 5.74) is 3.55. The molecule has 1 aliphatic heterocycles. The number of aromatic nitrogens is 1. The number of para-hydroxylation sites is 1. The highest BCUT2D eigenvalue weighted by atomic mass is 19.2. The van der Waals surface area contributed by atoms with Gasteiger partial charge in [0.15, 0.2) is 11.6 Å². The van der Waals surface area contributed by atoms with E-state index in [0.29, 0.717) is 13.1 Å². The van der Waals surface area contributed by atoms with Gasteiger partial charge in [-0.1, -0.05) is 18.2 Å². The second kappa shape index (κ2) is 5.63. The summed E-state index contributed by atoms with van der Waals surface area (Å²) >= 11 is 0. The molecule has 3 aromatic rings. The third kappa shape index (κ3) is 2.50. The summed E-state index contributed by atoms with van der Waals surface area (Å²) in [4.78, 5) is 17.5. The van der Waals surface area contributed by atoms with Crippen LogP contribution in [0, 0.1) is 11.6 Å². The molecule has 0 aliphatic carbocycles. The van der Waals surface area contributed by atoms with Crippen LogP contribution in [0.25, 0.3) is 10.9 Å². The average molecular weight is 327 g/mol. The normalized spacial score (nSPS) is 13.8. The van der Waals surface area contributed by atoms with E-state index in [9.17, 15) is 13.6 Å². The molecular formula is C18H15F2N3O. The van der Waals surface area contributed by atoms with Crippen molar-refractivity contribution in [1.29, 1.82) is 0 Å². The number of hydrogen-bond donors (Lipinski definition) is 2. The van der Waals surface area contributed by atoms with E-state index in [1.54, 1.807) is 4.90 Å². The Bertz CT molecular complexity index is 935.